The maximum Gasteiger partial charge on any atom is 0.128 e. The predicted octanol–water partition coefficient (Wildman–Crippen LogP) is 4.00. The van der Waals surface area contributed by atoms with E-state index in [2.05, 4.69) is 51.2 Å². The van der Waals surface area contributed by atoms with Crippen molar-refractivity contribution in [2.45, 2.75) is 45.8 Å². The molecule has 1 N–H and O–H groups in total. The fourth-order valence-electron chi connectivity index (χ4n) is 3.06. The van der Waals surface area contributed by atoms with Gasteiger partial charge in [-0.2, -0.15) is 0 Å². The Bertz CT molecular complexity index is 642. The molecule has 0 aliphatic carbocycles. The Morgan fingerprint density at radius 2 is 2.10 bits per heavy atom. The fourth-order valence-corrected chi connectivity index (χ4v) is 3.06. The largest absolute Gasteiger partial charge is 0.487 e. The summed E-state index contributed by atoms with van der Waals surface area (Å²) in [5.74, 6) is 2.00. The Kier molecular flexibility index (Phi) is 3.54. The zero-order valence-corrected chi connectivity index (χ0v) is 13.2. The highest BCUT2D eigenvalue weighted by Gasteiger charge is 2.31. The molecule has 1 aliphatic rings. The van der Waals surface area contributed by atoms with Gasteiger partial charge in [-0.3, -0.25) is 0 Å². The molecule has 2 aromatic rings. The van der Waals surface area contributed by atoms with Crippen molar-refractivity contribution < 1.29 is 9.15 Å². The third-order valence-electron chi connectivity index (χ3n) is 3.99. The van der Waals surface area contributed by atoms with Crippen LogP contribution in [0.5, 0.6) is 5.75 Å². The first-order chi connectivity index (χ1) is 10.00. The van der Waals surface area contributed by atoms with Crippen LogP contribution in [0.15, 0.2) is 34.9 Å². The number of ether oxygens (including phenoxy) is 1. The second-order valence-electron chi connectivity index (χ2n) is 6.36. The molecule has 3 nitrogen and oxygen atoms in total. The van der Waals surface area contributed by atoms with Crippen molar-refractivity contribution in [3.05, 3.63) is 53.0 Å². The van der Waals surface area contributed by atoms with E-state index in [-0.39, 0.29) is 11.6 Å². The molecule has 0 spiro atoms. The van der Waals surface area contributed by atoms with Gasteiger partial charge in [0.15, 0.2) is 0 Å². The Labute approximate surface area is 126 Å². The van der Waals surface area contributed by atoms with Gasteiger partial charge in [-0.05, 0) is 62.2 Å². The molecule has 112 valence electrons. The van der Waals surface area contributed by atoms with Crippen LogP contribution in [0.3, 0.4) is 0 Å². The number of hydrogen-bond donors (Lipinski definition) is 1. The molecule has 3 heteroatoms. The van der Waals surface area contributed by atoms with E-state index < -0.39 is 0 Å². The van der Waals surface area contributed by atoms with Gasteiger partial charge in [-0.1, -0.05) is 13.0 Å². The van der Waals surface area contributed by atoms with E-state index in [4.69, 9.17) is 9.15 Å². The summed E-state index contributed by atoms with van der Waals surface area (Å²) in [6.07, 6.45) is 2.71. The smallest absolute Gasteiger partial charge is 0.128 e. The van der Waals surface area contributed by atoms with E-state index in [0.717, 1.165) is 24.5 Å². The van der Waals surface area contributed by atoms with Gasteiger partial charge in [0.05, 0.1) is 12.3 Å². The molecule has 0 bridgehead atoms. The van der Waals surface area contributed by atoms with Crippen molar-refractivity contribution in [1.82, 2.24) is 5.32 Å². The van der Waals surface area contributed by atoms with Crippen LogP contribution in [0, 0.1) is 6.92 Å². The fraction of sp³-hybridized carbons (Fsp3) is 0.444. The monoisotopic (exact) mass is 285 g/mol. The lowest BCUT2D eigenvalue weighted by Gasteiger charge is -2.18. The molecular weight excluding hydrogens is 262 g/mol. The Balaban J connectivity index is 1.97. The number of fused-ring (bicyclic) bond motifs is 1. The minimum atomic E-state index is -0.102. The molecule has 1 aromatic carbocycles. The van der Waals surface area contributed by atoms with Crippen molar-refractivity contribution >= 4 is 0 Å². The summed E-state index contributed by atoms with van der Waals surface area (Å²) >= 11 is 0. The standard InChI is InChI=1S/C18H23NO2/c1-5-19-16(17-12(2)8-9-20-17)13-6-7-15-14(10-13)11-18(3,4)21-15/h6-10,16,19H,5,11H2,1-4H3. The lowest BCUT2D eigenvalue weighted by molar-refractivity contribution is 0.138. The van der Waals surface area contributed by atoms with E-state index in [9.17, 15) is 0 Å². The van der Waals surface area contributed by atoms with Gasteiger partial charge in [-0.25, -0.2) is 0 Å². The molecule has 3 rings (SSSR count). The number of benzene rings is 1. The van der Waals surface area contributed by atoms with E-state index >= 15 is 0 Å². The Morgan fingerprint density at radius 3 is 2.76 bits per heavy atom. The first-order valence-electron chi connectivity index (χ1n) is 7.59. The highest BCUT2D eigenvalue weighted by molar-refractivity contribution is 5.44. The maximum absolute atomic E-state index is 5.96. The van der Waals surface area contributed by atoms with Gasteiger partial charge < -0.3 is 14.5 Å². The first kappa shape index (κ1) is 14.2. The van der Waals surface area contributed by atoms with Crippen molar-refractivity contribution in [3.63, 3.8) is 0 Å². The van der Waals surface area contributed by atoms with Crippen LogP contribution in [0.2, 0.25) is 0 Å². The lowest BCUT2D eigenvalue weighted by atomic mass is 9.96. The van der Waals surface area contributed by atoms with Gasteiger partial charge >= 0.3 is 0 Å². The zero-order valence-electron chi connectivity index (χ0n) is 13.2. The van der Waals surface area contributed by atoms with Crippen LogP contribution in [0.4, 0.5) is 0 Å². The average molecular weight is 285 g/mol. The molecule has 1 atom stereocenters. The number of nitrogens with one attached hydrogen (secondary N) is 1. The Morgan fingerprint density at radius 1 is 1.29 bits per heavy atom. The van der Waals surface area contributed by atoms with Crippen molar-refractivity contribution in [1.29, 1.82) is 0 Å². The first-order valence-corrected chi connectivity index (χ1v) is 7.59. The zero-order chi connectivity index (χ0) is 15.0. The molecule has 1 unspecified atom stereocenters. The predicted molar refractivity (Wildman–Crippen MR) is 83.8 cm³/mol. The molecule has 1 aromatic heterocycles. The topological polar surface area (TPSA) is 34.4 Å². The normalized spacial score (nSPS) is 17.3. The van der Waals surface area contributed by atoms with Crippen molar-refractivity contribution in [3.8, 4) is 5.75 Å². The number of hydrogen-bond acceptors (Lipinski definition) is 3. The maximum atomic E-state index is 5.96. The molecule has 0 amide bonds. The molecule has 0 radical (unpaired) electrons. The third-order valence-corrected chi connectivity index (χ3v) is 3.99. The minimum absolute atomic E-state index is 0.0963. The quantitative estimate of drug-likeness (QED) is 0.922. The minimum Gasteiger partial charge on any atom is -0.487 e. The van der Waals surface area contributed by atoms with Crippen LogP contribution in [-0.4, -0.2) is 12.1 Å². The second kappa shape index (κ2) is 5.23. The molecule has 0 saturated carbocycles. The van der Waals surface area contributed by atoms with Gasteiger partial charge in [0.1, 0.15) is 17.1 Å². The highest BCUT2D eigenvalue weighted by Crippen LogP contribution is 2.37. The van der Waals surface area contributed by atoms with Crippen LogP contribution in [0.25, 0.3) is 0 Å². The van der Waals surface area contributed by atoms with Crippen LogP contribution >= 0.6 is 0 Å². The molecule has 1 aliphatic heterocycles. The number of rotatable bonds is 4. The van der Waals surface area contributed by atoms with E-state index in [1.54, 1.807) is 6.26 Å². The second-order valence-corrected chi connectivity index (χ2v) is 6.36. The summed E-state index contributed by atoms with van der Waals surface area (Å²) in [7, 11) is 0. The van der Waals surface area contributed by atoms with Crippen LogP contribution in [-0.2, 0) is 6.42 Å². The van der Waals surface area contributed by atoms with Crippen molar-refractivity contribution in [2.24, 2.45) is 0 Å². The number of aryl methyl sites for hydroxylation is 1. The van der Waals surface area contributed by atoms with Gasteiger partial charge in [0, 0.05) is 6.42 Å². The molecule has 0 fully saturated rings. The summed E-state index contributed by atoms with van der Waals surface area (Å²) in [6.45, 7) is 9.35. The third kappa shape index (κ3) is 2.70. The van der Waals surface area contributed by atoms with E-state index in [0.29, 0.717) is 0 Å². The molecule has 2 heterocycles. The van der Waals surface area contributed by atoms with E-state index in [1.807, 2.05) is 6.07 Å². The van der Waals surface area contributed by atoms with E-state index in [1.165, 1.54) is 16.7 Å². The van der Waals surface area contributed by atoms with Gasteiger partial charge in [0.25, 0.3) is 0 Å². The lowest BCUT2D eigenvalue weighted by Crippen LogP contribution is -2.24. The molecule has 21 heavy (non-hydrogen) atoms. The number of furan rings is 1. The molecular formula is C18H23NO2. The van der Waals surface area contributed by atoms with Crippen LogP contribution < -0.4 is 10.1 Å². The SMILES string of the molecule is CCNC(c1ccc2c(c1)CC(C)(C)O2)c1occc1C. The summed E-state index contributed by atoms with van der Waals surface area (Å²) in [5.41, 5.74) is 3.59. The summed E-state index contributed by atoms with van der Waals surface area (Å²) < 4.78 is 11.7. The highest BCUT2D eigenvalue weighted by atomic mass is 16.5. The molecule has 0 saturated heterocycles. The summed E-state index contributed by atoms with van der Waals surface area (Å²) in [5, 5.41) is 3.52. The summed E-state index contributed by atoms with van der Waals surface area (Å²) in [6, 6.07) is 8.58. The van der Waals surface area contributed by atoms with Gasteiger partial charge in [0.2, 0.25) is 0 Å². The summed E-state index contributed by atoms with van der Waals surface area (Å²) in [4.78, 5) is 0. The Hall–Kier alpha value is -1.74. The van der Waals surface area contributed by atoms with Crippen molar-refractivity contribution in [2.75, 3.05) is 6.54 Å². The van der Waals surface area contributed by atoms with Gasteiger partial charge in [-0.15, -0.1) is 0 Å². The average Bonchev–Trinajstić information content (AvgIpc) is 2.96. The van der Waals surface area contributed by atoms with Crippen LogP contribution in [0.1, 0.15) is 49.3 Å².